The molecule has 2 heterocycles. The van der Waals surface area contributed by atoms with Gasteiger partial charge in [0.15, 0.2) is 0 Å². The molecule has 0 aliphatic heterocycles. The first kappa shape index (κ1) is 14.5. The van der Waals surface area contributed by atoms with Gasteiger partial charge >= 0.3 is 6.03 Å². The van der Waals surface area contributed by atoms with Crippen molar-refractivity contribution in [2.45, 2.75) is 26.3 Å². The maximum Gasteiger partial charge on any atom is 0.319 e. The highest BCUT2D eigenvalue weighted by atomic mass is 32.1. The molecule has 1 aromatic carbocycles. The molecule has 0 radical (unpaired) electrons. The average Bonchev–Trinajstić information content (AvgIpc) is 3.13. The van der Waals surface area contributed by atoms with Gasteiger partial charge in [-0.25, -0.2) is 9.78 Å². The number of amides is 2. The zero-order valence-corrected chi connectivity index (χ0v) is 13.2. The number of hydrogen-bond donors (Lipinski definition) is 3. The summed E-state index contributed by atoms with van der Waals surface area (Å²) in [6.45, 7) is 3.98. The summed E-state index contributed by atoms with van der Waals surface area (Å²) in [5.74, 6) is 0. The Bertz CT molecular complexity index is 794. The zero-order valence-electron chi connectivity index (χ0n) is 12.4. The van der Waals surface area contributed by atoms with Gasteiger partial charge in [0.05, 0.1) is 17.8 Å². The molecule has 1 atom stereocenters. The van der Waals surface area contributed by atoms with Gasteiger partial charge in [-0.05, 0) is 31.5 Å². The molecule has 0 spiro atoms. The van der Waals surface area contributed by atoms with Crippen LogP contribution in [-0.4, -0.2) is 21.2 Å². The van der Waals surface area contributed by atoms with E-state index in [0.717, 1.165) is 33.7 Å². The van der Waals surface area contributed by atoms with Crippen molar-refractivity contribution in [3.05, 3.63) is 40.5 Å². The molecule has 3 aromatic rings. The van der Waals surface area contributed by atoms with Crippen LogP contribution < -0.4 is 10.6 Å². The molecule has 22 heavy (non-hydrogen) atoms. The fraction of sp³-hybridized carbons (Fsp3) is 0.267. The molecule has 7 heteroatoms. The van der Waals surface area contributed by atoms with Crippen LogP contribution in [0, 0.1) is 6.92 Å². The molecule has 6 nitrogen and oxygen atoms in total. The number of anilines is 1. The third-order valence-corrected chi connectivity index (χ3v) is 4.42. The van der Waals surface area contributed by atoms with Crippen LogP contribution in [0.1, 0.15) is 30.1 Å². The Morgan fingerprint density at radius 3 is 3.05 bits per heavy atom. The molecular weight excluding hydrogens is 298 g/mol. The molecule has 3 rings (SSSR count). The van der Waals surface area contributed by atoms with Crippen LogP contribution in [0.15, 0.2) is 29.8 Å². The van der Waals surface area contributed by atoms with Gasteiger partial charge in [-0.2, -0.15) is 5.10 Å². The highest BCUT2D eigenvalue weighted by Crippen LogP contribution is 2.21. The number of urea groups is 1. The first-order valence-corrected chi connectivity index (χ1v) is 7.96. The number of fused-ring (bicyclic) bond motifs is 1. The van der Waals surface area contributed by atoms with E-state index in [0.29, 0.717) is 0 Å². The SMILES string of the molecule is CC[C@H](NC(=O)Nc1ccc2[nH]ncc2c1)c1nc(C)cs1. The molecule has 2 amide bonds. The molecule has 0 bridgehead atoms. The van der Waals surface area contributed by atoms with Gasteiger partial charge in [-0.1, -0.05) is 6.92 Å². The Morgan fingerprint density at radius 2 is 2.32 bits per heavy atom. The highest BCUT2D eigenvalue weighted by Gasteiger charge is 2.15. The number of benzene rings is 1. The van der Waals surface area contributed by atoms with E-state index in [1.165, 1.54) is 0 Å². The monoisotopic (exact) mass is 315 g/mol. The summed E-state index contributed by atoms with van der Waals surface area (Å²) >= 11 is 1.57. The molecule has 0 aliphatic rings. The van der Waals surface area contributed by atoms with Crippen LogP contribution in [-0.2, 0) is 0 Å². The molecule has 114 valence electrons. The lowest BCUT2D eigenvalue weighted by Crippen LogP contribution is -2.32. The second-order valence-corrected chi connectivity index (χ2v) is 5.95. The summed E-state index contributed by atoms with van der Waals surface area (Å²) in [6.07, 6.45) is 2.52. The van der Waals surface area contributed by atoms with Gasteiger partial charge < -0.3 is 10.6 Å². The Kier molecular flexibility index (Phi) is 4.06. The smallest absolute Gasteiger partial charge is 0.319 e. The van der Waals surface area contributed by atoms with E-state index in [9.17, 15) is 4.79 Å². The van der Waals surface area contributed by atoms with Crippen LogP contribution in [0.5, 0.6) is 0 Å². The summed E-state index contributed by atoms with van der Waals surface area (Å²) in [6, 6.07) is 5.31. The fourth-order valence-corrected chi connectivity index (χ4v) is 3.15. The topological polar surface area (TPSA) is 82.7 Å². The number of hydrogen-bond acceptors (Lipinski definition) is 4. The van der Waals surface area contributed by atoms with E-state index in [1.807, 2.05) is 37.4 Å². The molecular formula is C15H17N5OS. The van der Waals surface area contributed by atoms with Gasteiger partial charge in [0.1, 0.15) is 5.01 Å². The van der Waals surface area contributed by atoms with Crippen LogP contribution in [0.2, 0.25) is 0 Å². The van der Waals surface area contributed by atoms with Gasteiger partial charge in [0.25, 0.3) is 0 Å². The van der Waals surface area contributed by atoms with Gasteiger partial charge in [-0.3, -0.25) is 5.10 Å². The number of aromatic nitrogens is 3. The molecule has 0 fully saturated rings. The number of nitrogens with one attached hydrogen (secondary N) is 3. The standard InChI is InChI=1S/C15H17N5OS/c1-3-12(14-17-9(2)8-22-14)19-15(21)18-11-4-5-13-10(6-11)7-16-20-13/h4-8,12H,3H2,1-2H3,(H,16,20)(H2,18,19,21)/t12-/m0/s1. The number of carbonyl (C=O) groups is 1. The van der Waals surface area contributed by atoms with Crippen LogP contribution in [0.25, 0.3) is 10.9 Å². The predicted octanol–water partition coefficient (Wildman–Crippen LogP) is 3.60. The van der Waals surface area contributed by atoms with Crippen molar-refractivity contribution in [2.24, 2.45) is 0 Å². The lowest BCUT2D eigenvalue weighted by atomic mass is 10.2. The summed E-state index contributed by atoms with van der Waals surface area (Å²) in [5, 5.41) is 16.5. The van der Waals surface area contributed by atoms with Crippen molar-refractivity contribution in [1.29, 1.82) is 0 Å². The van der Waals surface area contributed by atoms with Gasteiger partial charge in [-0.15, -0.1) is 11.3 Å². The number of aromatic amines is 1. The lowest BCUT2D eigenvalue weighted by Gasteiger charge is -2.15. The molecule has 0 saturated heterocycles. The average molecular weight is 315 g/mol. The normalized spacial score (nSPS) is 12.3. The predicted molar refractivity (Wildman–Crippen MR) is 88.1 cm³/mol. The third kappa shape index (κ3) is 3.09. The summed E-state index contributed by atoms with van der Waals surface area (Å²) in [5.41, 5.74) is 2.65. The second kappa shape index (κ2) is 6.15. The van der Waals surface area contributed by atoms with E-state index in [4.69, 9.17) is 0 Å². The number of rotatable bonds is 4. The van der Waals surface area contributed by atoms with Crippen molar-refractivity contribution in [2.75, 3.05) is 5.32 Å². The van der Waals surface area contributed by atoms with Crippen LogP contribution in [0.3, 0.4) is 0 Å². The van der Waals surface area contributed by atoms with E-state index < -0.39 is 0 Å². The second-order valence-electron chi connectivity index (χ2n) is 5.06. The van der Waals surface area contributed by atoms with Crippen molar-refractivity contribution in [3.63, 3.8) is 0 Å². The van der Waals surface area contributed by atoms with Gasteiger partial charge in [0.2, 0.25) is 0 Å². The molecule has 3 N–H and O–H groups in total. The zero-order chi connectivity index (χ0) is 15.5. The van der Waals surface area contributed by atoms with Gasteiger partial charge in [0, 0.05) is 22.1 Å². The van der Waals surface area contributed by atoms with E-state index in [-0.39, 0.29) is 12.1 Å². The number of H-pyrrole nitrogens is 1. The highest BCUT2D eigenvalue weighted by molar-refractivity contribution is 7.09. The first-order chi connectivity index (χ1) is 10.7. The lowest BCUT2D eigenvalue weighted by molar-refractivity contribution is 0.248. The molecule has 2 aromatic heterocycles. The number of carbonyl (C=O) groups excluding carboxylic acids is 1. The van der Waals surface area contributed by atoms with Crippen molar-refractivity contribution in [1.82, 2.24) is 20.5 Å². The Hall–Kier alpha value is -2.41. The van der Waals surface area contributed by atoms with Crippen molar-refractivity contribution >= 4 is 34.0 Å². The Balaban J connectivity index is 1.68. The molecule has 0 unspecified atom stereocenters. The third-order valence-electron chi connectivity index (χ3n) is 3.35. The summed E-state index contributed by atoms with van der Waals surface area (Å²) < 4.78 is 0. The number of thiazole rings is 1. The Labute approximate surface area is 132 Å². The largest absolute Gasteiger partial charge is 0.329 e. The Morgan fingerprint density at radius 1 is 1.45 bits per heavy atom. The summed E-state index contributed by atoms with van der Waals surface area (Å²) in [7, 11) is 0. The molecule has 0 aliphatic carbocycles. The molecule has 0 saturated carbocycles. The quantitative estimate of drug-likeness (QED) is 0.688. The minimum atomic E-state index is -0.234. The van der Waals surface area contributed by atoms with Crippen molar-refractivity contribution in [3.8, 4) is 0 Å². The van der Waals surface area contributed by atoms with E-state index in [2.05, 4.69) is 25.8 Å². The fourth-order valence-electron chi connectivity index (χ4n) is 2.22. The van der Waals surface area contributed by atoms with E-state index in [1.54, 1.807) is 17.5 Å². The first-order valence-electron chi connectivity index (χ1n) is 7.08. The van der Waals surface area contributed by atoms with E-state index >= 15 is 0 Å². The van der Waals surface area contributed by atoms with Crippen LogP contribution in [0.4, 0.5) is 10.5 Å². The van der Waals surface area contributed by atoms with Crippen LogP contribution >= 0.6 is 11.3 Å². The number of nitrogens with zero attached hydrogens (tertiary/aromatic N) is 2. The minimum Gasteiger partial charge on any atom is -0.329 e. The maximum atomic E-state index is 12.2. The number of aryl methyl sites for hydroxylation is 1. The van der Waals surface area contributed by atoms with Crippen molar-refractivity contribution < 1.29 is 4.79 Å². The summed E-state index contributed by atoms with van der Waals surface area (Å²) in [4.78, 5) is 16.6. The maximum absolute atomic E-state index is 12.2. The minimum absolute atomic E-state index is 0.0728.